The highest BCUT2D eigenvalue weighted by molar-refractivity contribution is 6.14. The van der Waals surface area contributed by atoms with Gasteiger partial charge in [0, 0.05) is 6.07 Å². The minimum absolute atomic E-state index is 0.0871. The molecule has 1 aliphatic heterocycles. The van der Waals surface area contributed by atoms with Crippen molar-refractivity contribution in [2.45, 2.75) is 32.8 Å². The fourth-order valence-corrected chi connectivity index (χ4v) is 3.38. The van der Waals surface area contributed by atoms with E-state index < -0.39 is 0 Å². The quantitative estimate of drug-likeness (QED) is 0.467. The van der Waals surface area contributed by atoms with Gasteiger partial charge in [0.2, 0.25) is 5.78 Å². The van der Waals surface area contributed by atoms with Crippen molar-refractivity contribution in [3.8, 4) is 17.2 Å². The van der Waals surface area contributed by atoms with Crippen molar-refractivity contribution < 1.29 is 19.0 Å². The third-order valence-electron chi connectivity index (χ3n) is 5.28. The summed E-state index contributed by atoms with van der Waals surface area (Å²) < 4.78 is 16.9. The van der Waals surface area contributed by atoms with Gasteiger partial charge in [-0.3, -0.25) is 4.79 Å². The third-order valence-corrected chi connectivity index (χ3v) is 5.28. The van der Waals surface area contributed by atoms with Crippen molar-refractivity contribution in [2.24, 2.45) is 0 Å². The van der Waals surface area contributed by atoms with Crippen LogP contribution < -0.4 is 14.2 Å². The van der Waals surface area contributed by atoms with Gasteiger partial charge in [0.1, 0.15) is 23.9 Å². The van der Waals surface area contributed by atoms with Crippen LogP contribution in [0.4, 0.5) is 0 Å². The molecular formula is C27H26O4. The predicted octanol–water partition coefficient (Wildman–Crippen LogP) is 6.19. The van der Waals surface area contributed by atoms with E-state index in [1.165, 1.54) is 5.56 Å². The summed E-state index contributed by atoms with van der Waals surface area (Å²) in [5.74, 6) is 2.19. The van der Waals surface area contributed by atoms with Gasteiger partial charge in [0.25, 0.3) is 0 Å². The number of ether oxygens (including phenoxy) is 3. The first-order valence-corrected chi connectivity index (χ1v) is 10.3. The molecule has 0 fully saturated rings. The number of methoxy groups -OCH3 is 1. The van der Waals surface area contributed by atoms with Crippen LogP contribution in [0.5, 0.6) is 17.2 Å². The van der Waals surface area contributed by atoms with Crippen molar-refractivity contribution in [2.75, 3.05) is 7.11 Å². The molecule has 0 N–H and O–H groups in total. The second kappa shape index (κ2) is 8.31. The van der Waals surface area contributed by atoms with Crippen LogP contribution in [0.1, 0.15) is 47.8 Å². The lowest BCUT2D eigenvalue weighted by atomic mass is 9.86. The smallest absolute Gasteiger partial charge is 0.231 e. The number of fused-ring (bicyclic) bond motifs is 1. The third kappa shape index (κ3) is 4.64. The number of hydrogen-bond donors (Lipinski definition) is 0. The maximum Gasteiger partial charge on any atom is 0.231 e. The summed E-state index contributed by atoms with van der Waals surface area (Å²) in [6.07, 6.45) is 1.78. The van der Waals surface area contributed by atoms with Crippen molar-refractivity contribution in [1.29, 1.82) is 0 Å². The molecule has 0 amide bonds. The molecule has 31 heavy (non-hydrogen) atoms. The molecule has 0 radical (unpaired) electrons. The first-order valence-electron chi connectivity index (χ1n) is 10.3. The minimum Gasteiger partial charge on any atom is -0.497 e. The minimum atomic E-state index is -0.114. The molecule has 158 valence electrons. The molecule has 0 aliphatic carbocycles. The van der Waals surface area contributed by atoms with Crippen molar-refractivity contribution >= 4 is 11.9 Å². The number of carbonyl (C=O) groups excluding carboxylic acids is 1. The molecule has 3 aromatic rings. The summed E-state index contributed by atoms with van der Waals surface area (Å²) in [5.41, 5.74) is 3.84. The van der Waals surface area contributed by atoms with Gasteiger partial charge < -0.3 is 14.2 Å². The first kappa shape index (κ1) is 20.7. The zero-order chi connectivity index (χ0) is 22.0. The molecule has 0 saturated carbocycles. The van der Waals surface area contributed by atoms with Gasteiger partial charge in [-0.25, -0.2) is 0 Å². The number of benzene rings is 3. The second-order valence-corrected chi connectivity index (χ2v) is 8.61. The van der Waals surface area contributed by atoms with Crippen LogP contribution in [-0.4, -0.2) is 12.9 Å². The molecule has 4 nitrogen and oxygen atoms in total. The Morgan fingerprint density at radius 2 is 1.58 bits per heavy atom. The summed E-state index contributed by atoms with van der Waals surface area (Å²) in [5, 5.41) is 0. The van der Waals surface area contributed by atoms with E-state index in [-0.39, 0.29) is 11.2 Å². The molecule has 0 bridgehead atoms. The number of hydrogen-bond acceptors (Lipinski definition) is 4. The Bertz CT molecular complexity index is 1120. The molecule has 4 heteroatoms. The van der Waals surface area contributed by atoms with Crippen molar-refractivity contribution in [1.82, 2.24) is 0 Å². The lowest BCUT2D eigenvalue weighted by Crippen LogP contribution is -2.10. The van der Waals surface area contributed by atoms with E-state index in [0.717, 1.165) is 16.9 Å². The number of rotatable bonds is 5. The van der Waals surface area contributed by atoms with E-state index in [1.807, 2.05) is 36.4 Å². The van der Waals surface area contributed by atoms with Gasteiger partial charge in [-0.1, -0.05) is 57.2 Å². The molecule has 0 spiro atoms. The monoisotopic (exact) mass is 414 g/mol. The molecular weight excluding hydrogens is 388 g/mol. The Hall–Kier alpha value is -3.53. The van der Waals surface area contributed by atoms with Crippen molar-refractivity contribution in [3.05, 3.63) is 94.7 Å². The number of Topliss-reactive ketones (excluding diaryl/α,β-unsaturated/α-hetero) is 1. The molecule has 4 rings (SSSR count). The Morgan fingerprint density at radius 3 is 2.23 bits per heavy atom. The number of carbonyl (C=O) groups is 1. The Kier molecular flexibility index (Phi) is 5.55. The lowest BCUT2D eigenvalue weighted by molar-refractivity contribution is 0.101. The largest absolute Gasteiger partial charge is 0.497 e. The highest BCUT2D eigenvalue weighted by Gasteiger charge is 2.27. The fourth-order valence-electron chi connectivity index (χ4n) is 3.38. The van der Waals surface area contributed by atoms with E-state index in [1.54, 1.807) is 31.4 Å². The Balaban J connectivity index is 1.46. The Morgan fingerprint density at radius 1 is 0.903 bits per heavy atom. The summed E-state index contributed by atoms with van der Waals surface area (Å²) in [6.45, 7) is 6.94. The molecule has 0 saturated heterocycles. The number of allylic oxidation sites excluding steroid dienone is 1. The Labute approximate surface area is 183 Å². The number of ketones is 1. The summed E-state index contributed by atoms with van der Waals surface area (Å²) >= 11 is 0. The van der Waals surface area contributed by atoms with E-state index in [0.29, 0.717) is 29.4 Å². The molecule has 1 heterocycles. The van der Waals surface area contributed by atoms with Gasteiger partial charge in [-0.05, 0) is 52.4 Å². The topological polar surface area (TPSA) is 44.8 Å². The maximum absolute atomic E-state index is 12.7. The van der Waals surface area contributed by atoms with E-state index in [4.69, 9.17) is 14.2 Å². The van der Waals surface area contributed by atoms with Gasteiger partial charge >= 0.3 is 0 Å². The molecule has 0 unspecified atom stereocenters. The lowest BCUT2D eigenvalue weighted by Gasteiger charge is -2.18. The van der Waals surface area contributed by atoms with Crippen LogP contribution in [0, 0.1) is 0 Å². The normalized spacial score (nSPS) is 14.3. The van der Waals surface area contributed by atoms with Crippen LogP contribution in [0.15, 0.2) is 72.5 Å². The van der Waals surface area contributed by atoms with Gasteiger partial charge in [0.05, 0.1) is 12.7 Å². The van der Waals surface area contributed by atoms with E-state index in [2.05, 4.69) is 32.9 Å². The van der Waals surface area contributed by atoms with Crippen LogP contribution in [0.2, 0.25) is 0 Å². The fraction of sp³-hybridized carbons (Fsp3) is 0.222. The van der Waals surface area contributed by atoms with Crippen LogP contribution in [0.25, 0.3) is 6.08 Å². The van der Waals surface area contributed by atoms with Crippen LogP contribution >= 0.6 is 0 Å². The highest BCUT2D eigenvalue weighted by Crippen LogP contribution is 2.35. The SMILES string of the molecule is COc1ccc(COc2ccc3c(c2)OC(=Cc2ccc(C(C)(C)C)cc2)C3=O)cc1. The van der Waals surface area contributed by atoms with E-state index >= 15 is 0 Å². The summed E-state index contributed by atoms with van der Waals surface area (Å²) in [7, 11) is 1.64. The predicted molar refractivity (Wildman–Crippen MR) is 122 cm³/mol. The van der Waals surface area contributed by atoms with Crippen molar-refractivity contribution in [3.63, 3.8) is 0 Å². The average molecular weight is 415 g/mol. The maximum atomic E-state index is 12.7. The van der Waals surface area contributed by atoms with E-state index in [9.17, 15) is 4.79 Å². The average Bonchev–Trinajstić information content (AvgIpc) is 3.07. The van der Waals surface area contributed by atoms with Gasteiger partial charge in [-0.2, -0.15) is 0 Å². The highest BCUT2D eigenvalue weighted by atomic mass is 16.5. The molecule has 0 atom stereocenters. The standard InChI is InChI=1S/C27H26O4/c1-27(2,3)20-9-5-18(6-10-20)15-25-26(28)23-14-13-22(16-24(23)31-25)30-17-19-7-11-21(29-4)12-8-19/h5-16H,17H2,1-4H3. The summed E-state index contributed by atoms with van der Waals surface area (Å²) in [4.78, 5) is 12.7. The summed E-state index contributed by atoms with van der Waals surface area (Å²) in [6, 6.07) is 21.2. The van der Waals surface area contributed by atoms with Gasteiger partial charge in [-0.15, -0.1) is 0 Å². The van der Waals surface area contributed by atoms with Crippen LogP contribution in [-0.2, 0) is 12.0 Å². The molecule has 0 aromatic heterocycles. The zero-order valence-corrected chi connectivity index (χ0v) is 18.3. The zero-order valence-electron chi connectivity index (χ0n) is 18.3. The second-order valence-electron chi connectivity index (χ2n) is 8.61. The van der Waals surface area contributed by atoms with Gasteiger partial charge in [0.15, 0.2) is 5.76 Å². The first-order chi connectivity index (χ1) is 14.8. The molecule has 3 aromatic carbocycles. The van der Waals surface area contributed by atoms with Crippen LogP contribution in [0.3, 0.4) is 0 Å². The molecule has 1 aliphatic rings.